The zero-order valence-corrected chi connectivity index (χ0v) is 12.4. The van der Waals surface area contributed by atoms with Crippen LogP contribution in [-0.2, 0) is 4.79 Å². The van der Waals surface area contributed by atoms with Gasteiger partial charge in [-0.3, -0.25) is 4.79 Å². The summed E-state index contributed by atoms with van der Waals surface area (Å²) in [4.78, 5) is 26.9. The van der Waals surface area contributed by atoms with Crippen LogP contribution in [0.5, 0.6) is 0 Å². The van der Waals surface area contributed by atoms with E-state index in [1.165, 1.54) is 6.07 Å². The van der Waals surface area contributed by atoms with Crippen molar-refractivity contribution in [1.29, 1.82) is 0 Å². The van der Waals surface area contributed by atoms with E-state index in [9.17, 15) is 9.59 Å². The van der Waals surface area contributed by atoms with E-state index in [2.05, 4.69) is 0 Å². The van der Waals surface area contributed by atoms with Crippen LogP contribution in [0.3, 0.4) is 0 Å². The second-order valence-electron chi connectivity index (χ2n) is 5.41. The van der Waals surface area contributed by atoms with E-state index in [0.717, 1.165) is 5.69 Å². The lowest BCUT2D eigenvalue weighted by atomic mass is 9.96. The van der Waals surface area contributed by atoms with E-state index in [4.69, 9.17) is 16.7 Å². The molecule has 1 heterocycles. The highest BCUT2D eigenvalue weighted by molar-refractivity contribution is 6.33. The quantitative estimate of drug-likeness (QED) is 0.908. The summed E-state index contributed by atoms with van der Waals surface area (Å²) in [5.41, 5.74) is 0.140. The number of halogens is 1. The van der Waals surface area contributed by atoms with Crippen molar-refractivity contribution in [2.24, 2.45) is 0 Å². The number of piperazine rings is 1. The van der Waals surface area contributed by atoms with Gasteiger partial charge < -0.3 is 14.9 Å². The van der Waals surface area contributed by atoms with E-state index in [0.29, 0.717) is 13.1 Å². The summed E-state index contributed by atoms with van der Waals surface area (Å²) in [5.74, 6) is -1.03. The number of anilines is 1. The Labute approximate surface area is 122 Å². The van der Waals surface area contributed by atoms with Crippen molar-refractivity contribution in [1.82, 2.24) is 4.90 Å². The molecule has 1 fully saturated rings. The lowest BCUT2D eigenvalue weighted by Crippen LogP contribution is -2.62. The van der Waals surface area contributed by atoms with Gasteiger partial charge in [-0.15, -0.1) is 0 Å². The number of hydrogen-bond acceptors (Lipinski definition) is 3. The number of carboxylic acids is 1. The highest BCUT2D eigenvalue weighted by atomic mass is 35.5. The molecule has 0 radical (unpaired) electrons. The van der Waals surface area contributed by atoms with Gasteiger partial charge in [-0.1, -0.05) is 11.6 Å². The zero-order chi connectivity index (χ0) is 15.1. The Morgan fingerprint density at radius 2 is 2.00 bits per heavy atom. The van der Waals surface area contributed by atoms with E-state index in [1.54, 1.807) is 24.1 Å². The van der Waals surface area contributed by atoms with Crippen LogP contribution in [0.25, 0.3) is 0 Å². The maximum absolute atomic E-state index is 12.2. The predicted molar refractivity (Wildman–Crippen MR) is 77.5 cm³/mol. The number of amides is 1. The summed E-state index contributed by atoms with van der Waals surface area (Å²) in [5, 5.41) is 9.17. The second kappa shape index (κ2) is 4.98. The summed E-state index contributed by atoms with van der Waals surface area (Å²) >= 11 is 6.00. The molecule has 108 valence electrons. The molecule has 1 saturated heterocycles. The number of aromatic carboxylic acids is 1. The first kappa shape index (κ1) is 14.7. The molecule has 0 aromatic heterocycles. The molecule has 0 aliphatic carbocycles. The third kappa shape index (κ3) is 2.33. The van der Waals surface area contributed by atoms with Gasteiger partial charge in [-0.2, -0.15) is 0 Å². The monoisotopic (exact) mass is 296 g/mol. The van der Waals surface area contributed by atoms with Crippen molar-refractivity contribution in [2.45, 2.75) is 19.4 Å². The molecule has 0 atom stereocenters. The molecular weight excluding hydrogens is 280 g/mol. The smallest absolute Gasteiger partial charge is 0.337 e. The Hall–Kier alpha value is -1.75. The molecule has 1 amide bonds. The van der Waals surface area contributed by atoms with Crippen molar-refractivity contribution in [3.63, 3.8) is 0 Å². The van der Waals surface area contributed by atoms with Gasteiger partial charge in [0.1, 0.15) is 5.54 Å². The van der Waals surface area contributed by atoms with E-state index in [1.807, 2.05) is 18.7 Å². The Morgan fingerprint density at radius 1 is 1.35 bits per heavy atom. The molecule has 1 aromatic carbocycles. The minimum atomic E-state index is -1.06. The Kier molecular flexibility index (Phi) is 3.65. The molecule has 6 heteroatoms. The van der Waals surface area contributed by atoms with Gasteiger partial charge >= 0.3 is 5.97 Å². The van der Waals surface area contributed by atoms with Crippen molar-refractivity contribution in [3.05, 3.63) is 28.8 Å². The van der Waals surface area contributed by atoms with Crippen LogP contribution < -0.4 is 4.90 Å². The third-order valence-electron chi connectivity index (χ3n) is 3.70. The fourth-order valence-corrected chi connectivity index (χ4v) is 2.77. The highest BCUT2D eigenvalue weighted by Gasteiger charge is 2.40. The average molecular weight is 297 g/mol. The molecule has 1 aromatic rings. The van der Waals surface area contributed by atoms with E-state index in [-0.39, 0.29) is 16.5 Å². The number of hydrogen-bond donors (Lipinski definition) is 1. The first-order valence-electron chi connectivity index (χ1n) is 6.31. The van der Waals surface area contributed by atoms with Crippen LogP contribution in [-0.4, -0.2) is 47.6 Å². The number of nitrogens with zero attached hydrogens (tertiary/aromatic N) is 2. The number of benzene rings is 1. The minimum Gasteiger partial charge on any atom is -0.478 e. The van der Waals surface area contributed by atoms with Gasteiger partial charge in [0.15, 0.2) is 0 Å². The fourth-order valence-electron chi connectivity index (χ4n) is 2.51. The molecule has 1 aliphatic heterocycles. The van der Waals surface area contributed by atoms with Crippen molar-refractivity contribution in [2.75, 3.05) is 25.0 Å². The average Bonchev–Trinajstić information content (AvgIpc) is 2.35. The standard InChI is InChI=1S/C14H17ClN2O3/c1-14(2)13(20)16(3)6-7-17(14)9-4-5-10(12(18)19)11(15)8-9/h4-5,8H,6-7H2,1-3H3,(H,18,19). The summed E-state index contributed by atoms with van der Waals surface area (Å²) < 4.78 is 0. The molecule has 2 rings (SSSR count). The molecule has 5 nitrogen and oxygen atoms in total. The van der Waals surface area contributed by atoms with Crippen LogP contribution >= 0.6 is 11.6 Å². The number of carbonyl (C=O) groups excluding carboxylic acids is 1. The maximum atomic E-state index is 12.2. The predicted octanol–water partition coefficient (Wildman–Crippen LogP) is 2.10. The number of carboxylic acid groups (broad SMARTS) is 1. The van der Waals surface area contributed by atoms with Crippen LogP contribution in [0.2, 0.25) is 5.02 Å². The van der Waals surface area contributed by atoms with Crippen molar-refractivity contribution >= 4 is 29.2 Å². The summed E-state index contributed by atoms with van der Waals surface area (Å²) in [6, 6.07) is 4.76. The van der Waals surface area contributed by atoms with E-state index < -0.39 is 11.5 Å². The molecule has 0 unspecified atom stereocenters. The molecule has 1 aliphatic rings. The largest absolute Gasteiger partial charge is 0.478 e. The molecule has 0 spiro atoms. The second-order valence-corrected chi connectivity index (χ2v) is 5.81. The summed E-state index contributed by atoms with van der Waals surface area (Å²) in [7, 11) is 1.78. The molecule has 0 saturated carbocycles. The Morgan fingerprint density at radius 3 is 2.55 bits per heavy atom. The van der Waals surface area contributed by atoms with Gasteiger partial charge in [0.05, 0.1) is 10.6 Å². The lowest BCUT2D eigenvalue weighted by Gasteiger charge is -2.46. The van der Waals surface area contributed by atoms with Gasteiger partial charge in [-0.25, -0.2) is 4.79 Å². The number of likely N-dealkylation sites (N-methyl/N-ethyl adjacent to an activating group) is 1. The third-order valence-corrected chi connectivity index (χ3v) is 4.01. The SMILES string of the molecule is CN1CCN(c2ccc(C(=O)O)c(Cl)c2)C(C)(C)C1=O. The summed E-state index contributed by atoms with van der Waals surface area (Å²) in [6.45, 7) is 5.01. The van der Waals surface area contributed by atoms with Gasteiger partial charge in [0.2, 0.25) is 5.91 Å². The topological polar surface area (TPSA) is 60.9 Å². The van der Waals surface area contributed by atoms with Crippen molar-refractivity contribution < 1.29 is 14.7 Å². The first-order chi connectivity index (χ1) is 9.25. The Bertz CT molecular complexity index is 572. The fraction of sp³-hybridized carbons (Fsp3) is 0.429. The zero-order valence-electron chi connectivity index (χ0n) is 11.7. The number of carbonyl (C=O) groups is 2. The van der Waals surface area contributed by atoms with Crippen molar-refractivity contribution in [3.8, 4) is 0 Å². The first-order valence-corrected chi connectivity index (χ1v) is 6.69. The van der Waals surface area contributed by atoms with Gasteiger partial charge in [0.25, 0.3) is 0 Å². The van der Waals surface area contributed by atoms with Crippen LogP contribution in [0.4, 0.5) is 5.69 Å². The van der Waals surface area contributed by atoms with Crippen LogP contribution in [0.15, 0.2) is 18.2 Å². The van der Waals surface area contributed by atoms with Gasteiger partial charge in [0, 0.05) is 25.8 Å². The Balaban J connectivity index is 2.39. The molecule has 0 bridgehead atoms. The lowest BCUT2D eigenvalue weighted by molar-refractivity contribution is -0.136. The maximum Gasteiger partial charge on any atom is 0.337 e. The molecule has 20 heavy (non-hydrogen) atoms. The number of rotatable bonds is 2. The summed E-state index contributed by atoms with van der Waals surface area (Å²) in [6.07, 6.45) is 0. The van der Waals surface area contributed by atoms with Crippen LogP contribution in [0, 0.1) is 0 Å². The highest BCUT2D eigenvalue weighted by Crippen LogP contribution is 2.31. The molecular formula is C14H17ClN2O3. The van der Waals surface area contributed by atoms with E-state index >= 15 is 0 Å². The molecule has 1 N–H and O–H groups in total. The van der Waals surface area contributed by atoms with Crippen LogP contribution in [0.1, 0.15) is 24.2 Å². The van der Waals surface area contributed by atoms with Gasteiger partial charge in [-0.05, 0) is 32.0 Å². The normalized spacial score (nSPS) is 18.3. The minimum absolute atomic E-state index is 0.0298.